The average molecular weight is 207 g/mol. The van der Waals surface area contributed by atoms with Crippen LogP contribution in [0.25, 0.3) is 0 Å². The van der Waals surface area contributed by atoms with Crippen LogP contribution in [0, 0.1) is 0 Å². The number of nitrogens with two attached hydrogens (primary N) is 1. The van der Waals surface area contributed by atoms with Crippen LogP contribution in [0.15, 0.2) is 12.3 Å². The van der Waals surface area contributed by atoms with Gasteiger partial charge in [-0.25, -0.2) is 4.98 Å². The van der Waals surface area contributed by atoms with Gasteiger partial charge >= 0.3 is 12.2 Å². The van der Waals surface area contributed by atoms with Crippen LogP contribution in [0.3, 0.4) is 0 Å². The zero-order chi connectivity index (χ0) is 10.6. The monoisotopic (exact) mass is 207 g/mol. The predicted octanol–water partition coefficient (Wildman–Crippen LogP) is 1.39. The third-order valence-electron chi connectivity index (χ3n) is 1.27. The molecule has 0 aliphatic heterocycles. The van der Waals surface area contributed by atoms with Gasteiger partial charge in [-0.1, -0.05) is 0 Å². The van der Waals surface area contributed by atoms with Crippen molar-refractivity contribution in [3.05, 3.63) is 12.3 Å². The number of anilines is 1. The number of hydrogen-bond acceptors (Lipinski definition) is 4. The van der Waals surface area contributed by atoms with Gasteiger partial charge in [-0.05, 0) is 6.07 Å². The average Bonchev–Trinajstić information content (AvgIpc) is 2.01. The molecule has 0 saturated heterocycles. The van der Waals surface area contributed by atoms with Crippen molar-refractivity contribution in [1.29, 1.82) is 0 Å². The molecule has 0 fully saturated rings. The first kappa shape index (κ1) is 10.6. The highest BCUT2D eigenvalue weighted by atomic mass is 19.4. The SMILES string of the molecule is Nc1ccnc(OCCC(F)(F)F)n1. The van der Waals surface area contributed by atoms with Crippen molar-refractivity contribution in [3.8, 4) is 6.01 Å². The van der Waals surface area contributed by atoms with E-state index in [0.717, 1.165) is 0 Å². The van der Waals surface area contributed by atoms with Crippen molar-refractivity contribution in [2.45, 2.75) is 12.6 Å². The first-order valence-electron chi connectivity index (χ1n) is 3.75. The van der Waals surface area contributed by atoms with E-state index in [9.17, 15) is 13.2 Å². The Bertz CT molecular complexity index is 302. The number of nitrogen functional groups attached to an aromatic ring is 1. The molecule has 0 spiro atoms. The van der Waals surface area contributed by atoms with E-state index in [4.69, 9.17) is 5.73 Å². The summed E-state index contributed by atoms with van der Waals surface area (Å²) in [5.74, 6) is 0.155. The minimum Gasteiger partial charge on any atom is -0.463 e. The number of ether oxygens (including phenoxy) is 1. The molecule has 1 aromatic rings. The highest BCUT2D eigenvalue weighted by Crippen LogP contribution is 2.19. The number of rotatable bonds is 3. The molecule has 0 aliphatic carbocycles. The largest absolute Gasteiger partial charge is 0.463 e. The standard InChI is InChI=1S/C7H8F3N3O/c8-7(9,10)2-4-14-6-12-3-1-5(11)13-6/h1,3H,2,4H2,(H2,11,12,13). The van der Waals surface area contributed by atoms with E-state index >= 15 is 0 Å². The van der Waals surface area contributed by atoms with Gasteiger partial charge in [0, 0.05) is 6.20 Å². The molecule has 1 rings (SSSR count). The Morgan fingerprint density at radius 2 is 2.14 bits per heavy atom. The van der Waals surface area contributed by atoms with Gasteiger partial charge < -0.3 is 10.5 Å². The summed E-state index contributed by atoms with van der Waals surface area (Å²) in [7, 11) is 0. The maximum atomic E-state index is 11.7. The Kier molecular flexibility index (Phi) is 3.10. The number of halogens is 3. The second kappa shape index (κ2) is 4.12. The maximum absolute atomic E-state index is 11.7. The van der Waals surface area contributed by atoms with Crippen molar-refractivity contribution in [3.63, 3.8) is 0 Å². The highest BCUT2D eigenvalue weighted by molar-refractivity contribution is 5.26. The zero-order valence-electron chi connectivity index (χ0n) is 7.08. The van der Waals surface area contributed by atoms with E-state index in [2.05, 4.69) is 14.7 Å². The van der Waals surface area contributed by atoms with Crippen LogP contribution in [0.4, 0.5) is 19.0 Å². The molecule has 1 heterocycles. The van der Waals surface area contributed by atoms with Crippen LogP contribution in [0.1, 0.15) is 6.42 Å². The molecular weight excluding hydrogens is 199 g/mol. The fraction of sp³-hybridized carbons (Fsp3) is 0.429. The minimum absolute atomic E-state index is 0.144. The van der Waals surface area contributed by atoms with E-state index in [1.54, 1.807) is 0 Å². The van der Waals surface area contributed by atoms with Crippen LogP contribution in [0.5, 0.6) is 6.01 Å². The zero-order valence-corrected chi connectivity index (χ0v) is 7.08. The van der Waals surface area contributed by atoms with Crippen molar-refractivity contribution >= 4 is 5.82 Å². The minimum atomic E-state index is -4.24. The summed E-state index contributed by atoms with van der Waals surface area (Å²) in [6, 6.07) is 1.27. The normalized spacial score (nSPS) is 11.4. The summed E-state index contributed by atoms with van der Waals surface area (Å²) < 4.78 is 39.7. The summed E-state index contributed by atoms with van der Waals surface area (Å²) in [5.41, 5.74) is 5.26. The molecule has 1 aromatic heterocycles. The second-order valence-electron chi connectivity index (χ2n) is 2.48. The molecule has 0 aromatic carbocycles. The van der Waals surface area contributed by atoms with Crippen molar-refractivity contribution in [2.75, 3.05) is 12.3 Å². The van der Waals surface area contributed by atoms with Crippen molar-refractivity contribution < 1.29 is 17.9 Å². The molecule has 0 aliphatic rings. The Balaban J connectivity index is 2.39. The summed E-state index contributed by atoms with van der Waals surface area (Å²) in [6.45, 7) is -0.507. The summed E-state index contributed by atoms with van der Waals surface area (Å²) >= 11 is 0. The smallest absolute Gasteiger partial charge is 0.392 e. The third-order valence-corrected chi connectivity index (χ3v) is 1.27. The Morgan fingerprint density at radius 3 is 2.71 bits per heavy atom. The van der Waals surface area contributed by atoms with Gasteiger partial charge in [-0.3, -0.25) is 0 Å². The second-order valence-corrected chi connectivity index (χ2v) is 2.48. The summed E-state index contributed by atoms with van der Waals surface area (Å²) in [6.07, 6.45) is -3.96. The van der Waals surface area contributed by atoms with Gasteiger partial charge in [-0.15, -0.1) is 0 Å². The van der Waals surface area contributed by atoms with Gasteiger partial charge in [0.25, 0.3) is 0 Å². The topological polar surface area (TPSA) is 61.0 Å². The lowest BCUT2D eigenvalue weighted by Gasteiger charge is -2.06. The van der Waals surface area contributed by atoms with E-state index in [-0.39, 0.29) is 11.8 Å². The van der Waals surface area contributed by atoms with E-state index in [0.29, 0.717) is 0 Å². The van der Waals surface area contributed by atoms with Gasteiger partial charge in [-0.2, -0.15) is 18.2 Å². The number of aromatic nitrogens is 2. The van der Waals surface area contributed by atoms with E-state index in [1.165, 1.54) is 12.3 Å². The highest BCUT2D eigenvalue weighted by Gasteiger charge is 2.26. The third kappa shape index (κ3) is 3.92. The van der Waals surface area contributed by atoms with Crippen molar-refractivity contribution in [2.24, 2.45) is 0 Å². The number of hydrogen-bond donors (Lipinski definition) is 1. The molecule has 14 heavy (non-hydrogen) atoms. The lowest BCUT2D eigenvalue weighted by molar-refractivity contribution is -0.139. The Hall–Kier alpha value is -1.53. The number of nitrogens with zero attached hydrogens (tertiary/aromatic N) is 2. The fourth-order valence-corrected chi connectivity index (χ4v) is 0.682. The van der Waals surface area contributed by atoms with Crippen LogP contribution >= 0.6 is 0 Å². The molecule has 0 radical (unpaired) electrons. The summed E-state index contributed by atoms with van der Waals surface area (Å²) in [4.78, 5) is 7.15. The molecule has 0 atom stereocenters. The maximum Gasteiger partial charge on any atom is 0.392 e. The van der Waals surface area contributed by atoms with Gasteiger partial charge in [0.2, 0.25) is 0 Å². The molecule has 4 nitrogen and oxygen atoms in total. The van der Waals surface area contributed by atoms with E-state index in [1.807, 2.05) is 0 Å². The Morgan fingerprint density at radius 1 is 1.43 bits per heavy atom. The van der Waals surface area contributed by atoms with Crippen LogP contribution in [-0.4, -0.2) is 22.8 Å². The molecule has 0 amide bonds. The van der Waals surface area contributed by atoms with Crippen molar-refractivity contribution in [1.82, 2.24) is 9.97 Å². The molecule has 0 bridgehead atoms. The van der Waals surface area contributed by atoms with Crippen LogP contribution in [-0.2, 0) is 0 Å². The molecule has 78 valence electrons. The first-order valence-corrected chi connectivity index (χ1v) is 3.75. The Labute approximate surface area is 77.9 Å². The summed E-state index contributed by atoms with van der Waals surface area (Å²) in [5, 5.41) is 0. The predicted molar refractivity (Wildman–Crippen MR) is 42.6 cm³/mol. The van der Waals surface area contributed by atoms with Crippen LogP contribution < -0.4 is 10.5 Å². The fourth-order valence-electron chi connectivity index (χ4n) is 0.682. The first-order chi connectivity index (χ1) is 6.47. The lowest BCUT2D eigenvalue weighted by Crippen LogP contribution is -2.14. The molecular formula is C7H8F3N3O. The van der Waals surface area contributed by atoms with E-state index < -0.39 is 19.2 Å². The molecule has 7 heteroatoms. The number of alkyl halides is 3. The molecule has 0 saturated carbocycles. The lowest BCUT2D eigenvalue weighted by atomic mass is 10.4. The van der Waals surface area contributed by atoms with Gasteiger partial charge in [0.1, 0.15) is 12.4 Å². The quantitative estimate of drug-likeness (QED) is 0.813. The molecule has 2 N–H and O–H groups in total. The van der Waals surface area contributed by atoms with Gasteiger partial charge in [0.15, 0.2) is 0 Å². The van der Waals surface area contributed by atoms with Crippen LogP contribution in [0.2, 0.25) is 0 Å². The van der Waals surface area contributed by atoms with Gasteiger partial charge in [0.05, 0.1) is 6.42 Å². The molecule has 0 unspecified atom stereocenters.